The molecule has 0 amide bonds. The molecule has 0 spiro atoms. The monoisotopic (exact) mass is 327 g/mol. The van der Waals surface area contributed by atoms with Crippen molar-refractivity contribution < 1.29 is 9.59 Å². The van der Waals surface area contributed by atoms with Gasteiger partial charge in [-0.3, -0.25) is 9.59 Å². The zero-order valence-electron chi connectivity index (χ0n) is 13.8. The molecule has 0 radical (unpaired) electrons. The van der Waals surface area contributed by atoms with Gasteiger partial charge in [0.25, 0.3) is 0 Å². The third kappa shape index (κ3) is 2.18. The van der Waals surface area contributed by atoms with Gasteiger partial charge in [-0.2, -0.15) is 0 Å². The molecule has 4 rings (SSSR count). The summed E-state index contributed by atoms with van der Waals surface area (Å²) in [5.41, 5.74) is 4.06. The molecule has 1 aromatic carbocycles. The molecule has 4 heteroatoms. The molecule has 2 atom stereocenters. The molecule has 0 aromatic heterocycles. The predicted octanol–water partition coefficient (Wildman–Crippen LogP) is 3.50. The summed E-state index contributed by atoms with van der Waals surface area (Å²) in [4.78, 5) is 27.9. The van der Waals surface area contributed by atoms with Crippen LogP contribution in [-0.4, -0.2) is 27.1 Å². The molecular weight excluding hydrogens is 306 g/mol. The highest BCUT2D eigenvalue weighted by Crippen LogP contribution is 2.50. The normalized spacial score (nSPS) is 29.1. The number of ketones is 1. The molecule has 3 aliphatic rings. The number of rotatable bonds is 0. The van der Waals surface area contributed by atoms with E-state index in [2.05, 4.69) is 43.0 Å². The van der Waals surface area contributed by atoms with Crippen molar-refractivity contribution in [3.8, 4) is 0 Å². The van der Waals surface area contributed by atoms with Crippen LogP contribution >= 0.6 is 11.8 Å². The number of Topliss-reactive ketones (excluding diaryl/α,β-unsaturated/α-hetero) is 1. The fourth-order valence-corrected chi connectivity index (χ4v) is 5.28. The first-order chi connectivity index (χ1) is 10.9. The quantitative estimate of drug-likeness (QED) is 0.684. The van der Waals surface area contributed by atoms with E-state index in [0.717, 1.165) is 25.1 Å². The maximum atomic E-state index is 12.9. The van der Waals surface area contributed by atoms with Crippen LogP contribution in [0.15, 0.2) is 35.5 Å². The van der Waals surface area contributed by atoms with Crippen LogP contribution in [0.1, 0.15) is 44.4 Å². The second-order valence-corrected chi connectivity index (χ2v) is 9.07. The van der Waals surface area contributed by atoms with E-state index in [1.807, 2.05) is 6.92 Å². The van der Waals surface area contributed by atoms with Crippen molar-refractivity contribution in [2.45, 2.75) is 44.4 Å². The van der Waals surface area contributed by atoms with Gasteiger partial charge in [0, 0.05) is 29.3 Å². The van der Waals surface area contributed by atoms with Crippen molar-refractivity contribution in [2.75, 3.05) is 6.54 Å². The lowest BCUT2D eigenvalue weighted by Crippen LogP contribution is -2.49. The van der Waals surface area contributed by atoms with Gasteiger partial charge in [-0.25, -0.2) is 0 Å². The molecule has 0 aliphatic carbocycles. The second kappa shape index (κ2) is 4.97. The van der Waals surface area contributed by atoms with Gasteiger partial charge in [-0.15, -0.1) is 0 Å². The number of hydrogen-bond acceptors (Lipinski definition) is 4. The maximum absolute atomic E-state index is 12.9. The average molecular weight is 327 g/mol. The Labute approximate surface area is 141 Å². The first-order valence-corrected chi connectivity index (χ1v) is 9.06. The highest BCUT2D eigenvalue weighted by Gasteiger charge is 2.48. The standard InChI is InChI=1S/C19H21NO2S/c1-11-16-13-7-5-4-6-12(13)8-9-20(16)14-10-19(2,3)23-18(22)15(14)17(11)21/h4-7,11,16H,8-10H2,1-3H3/t11-,16-/m0/s1. The van der Waals surface area contributed by atoms with Gasteiger partial charge >= 0.3 is 0 Å². The zero-order valence-corrected chi connectivity index (χ0v) is 14.6. The second-order valence-electron chi connectivity index (χ2n) is 7.39. The number of benzene rings is 1. The molecule has 120 valence electrons. The molecule has 0 bridgehead atoms. The predicted molar refractivity (Wildman–Crippen MR) is 92.1 cm³/mol. The summed E-state index contributed by atoms with van der Waals surface area (Å²) < 4.78 is -0.141. The SMILES string of the molecule is C[C@@H]1C(=O)C2=C(CC(C)(C)SC2=O)N2CCc3ccccc3[C@H]12. The Morgan fingerprint density at radius 1 is 1.22 bits per heavy atom. The van der Waals surface area contributed by atoms with E-state index in [0.29, 0.717) is 5.57 Å². The molecule has 3 heterocycles. The zero-order chi connectivity index (χ0) is 16.4. The van der Waals surface area contributed by atoms with E-state index in [1.54, 1.807) is 0 Å². The lowest BCUT2D eigenvalue weighted by atomic mass is 9.77. The number of carbonyl (C=O) groups excluding carboxylic acids is 2. The van der Waals surface area contributed by atoms with Crippen LogP contribution in [0.5, 0.6) is 0 Å². The summed E-state index contributed by atoms with van der Waals surface area (Å²) in [5.74, 6) is -0.132. The largest absolute Gasteiger partial charge is 0.366 e. The minimum absolute atomic E-state index is 0.0333. The van der Waals surface area contributed by atoms with Crippen LogP contribution in [0, 0.1) is 5.92 Å². The molecule has 0 N–H and O–H groups in total. The van der Waals surface area contributed by atoms with Crippen molar-refractivity contribution in [2.24, 2.45) is 5.92 Å². The summed E-state index contributed by atoms with van der Waals surface area (Å²) in [7, 11) is 0. The third-order valence-corrected chi connectivity index (χ3v) is 6.35. The Morgan fingerprint density at radius 2 is 1.96 bits per heavy atom. The number of fused-ring (bicyclic) bond motifs is 4. The first kappa shape index (κ1) is 15.0. The van der Waals surface area contributed by atoms with Crippen LogP contribution in [0.4, 0.5) is 0 Å². The van der Waals surface area contributed by atoms with Gasteiger partial charge in [0.05, 0.1) is 11.6 Å². The molecule has 0 unspecified atom stereocenters. The maximum Gasteiger partial charge on any atom is 0.225 e. The van der Waals surface area contributed by atoms with Crippen LogP contribution in [0.25, 0.3) is 0 Å². The minimum atomic E-state index is -0.166. The number of hydrogen-bond donors (Lipinski definition) is 0. The van der Waals surface area contributed by atoms with Gasteiger partial charge < -0.3 is 4.90 Å². The number of thioether (sulfide) groups is 1. The van der Waals surface area contributed by atoms with Gasteiger partial charge in [0.2, 0.25) is 5.12 Å². The summed E-state index contributed by atoms with van der Waals surface area (Å²) in [6.45, 7) is 7.05. The highest BCUT2D eigenvalue weighted by molar-refractivity contribution is 8.15. The molecule has 3 nitrogen and oxygen atoms in total. The van der Waals surface area contributed by atoms with Crippen molar-refractivity contribution in [1.82, 2.24) is 4.90 Å². The summed E-state index contributed by atoms with van der Waals surface area (Å²) in [6, 6.07) is 8.51. The molecule has 0 fully saturated rings. The topological polar surface area (TPSA) is 37.4 Å². The van der Waals surface area contributed by atoms with Crippen molar-refractivity contribution in [1.29, 1.82) is 0 Å². The van der Waals surface area contributed by atoms with Crippen LogP contribution in [0.3, 0.4) is 0 Å². The van der Waals surface area contributed by atoms with E-state index in [9.17, 15) is 9.59 Å². The van der Waals surface area contributed by atoms with Crippen molar-refractivity contribution in [3.05, 3.63) is 46.7 Å². The Bertz CT molecular complexity index is 749. The van der Waals surface area contributed by atoms with Crippen LogP contribution < -0.4 is 0 Å². The molecule has 3 aliphatic heterocycles. The molecule has 0 saturated carbocycles. The summed E-state index contributed by atoms with van der Waals surface area (Å²) in [5, 5.41) is -0.0367. The lowest BCUT2D eigenvalue weighted by molar-refractivity contribution is -0.124. The Kier molecular flexibility index (Phi) is 3.24. The minimum Gasteiger partial charge on any atom is -0.366 e. The van der Waals surface area contributed by atoms with Gasteiger partial charge in [-0.1, -0.05) is 43.0 Å². The van der Waals surface area contributed by atoms with E-state index in [4.69, 9.17) is 0 Å². The Morgan fingerprint density at radius 3 is 2.74 bits per heavy atom. The third-order valence-electron chi connectivity index (χ3n) is 5.27. The Balaban J connectivity index is 1.88. The Hall–Kier alpha value is -1.55. The molecule has 0 saturated heterocycles. The number of carbonyl (C=O) groups is 2. The van der Waals surface area contributed by atoms with Gasteiger partial charge in [0.1, 0.15) is 0 Å². The molecular formula is C19H21NO2S. The highest BCUT2D eigenvalue weighted by atomic mass is 32.2. The van der Waals surface area contributed by atoms with Gasteiger partial charge in [-0.05, 0) is 31.4 Å². The number of nitrogens with zero attached hydrogens (tertiary/aromatic N) is 1. The number of allylic oxidation sites excluding steroid dienone is 1. The van der Waals surface area contributed by atoms with E-state index in [1.165, 1.54) is 22.9 Å². The van der Waals surface area contributed by atoms with E-state index >= 15 is 0 Å². The van der Waals surface area contributed by atoms with Gasteiger partial charge in [0.15, 0.2) is 5.78 Å². The van der Waals surface area contributed by atoms with Crippen molar-refractivity contribution in [3.63, 3.8) is 0 Å². The summed E-state index contributed by atoms with van der Waals surface area (Å²) in [6.07, 6.45) is 1.77. The van der Waals surface area contributed by atoms with Crippen LogP contribution in [0.2, 0.25) is 0 Å². The van der Waals surface area contributed by atoms with E-state index < -0.39 is 0 Å². The van der Waals surface area contributed by atoms with Crippen LogP contribution in [-0.2, 0) is 16.0 Å². The first-order valence-electron chi connectivity index (χ1n) is 8.24. The fraction of sp³-hybridized carbons (Fsp3) is 0.474. The fourth-order valence-electron chi connectivity index (χ4n) is 4.25. The summed E-state index contributed by atoms with van der Waals surface area (Å²) >= 11 is 1.32. The molecule has 1 aromatic rings. The smallest absolute Gasteiger partial charge is 0.225 e. The lowest BCUT2D eigenvalue weighted by Gasteiger charge is -2.49. The molecule has 23 heavy (non-hydrogen) atoms. The van der Waals surface area contributed by atoms with Crippen molar-refractivity contribution >= 4 is 22.7 Å². The average Bonchev–Trinajstić information content (AvgIpc) is 2.50. The van der Waals surface area contributed by atoms with E-state index in [-0.39, 0.29) is 27.6 Å².